The standard InChI is InChI=1S/C46H72O27/c1-64-25-8-17(2-5-21(25)48)3-7-32(53)65-15-29-35(56)38(59)40(61)44(72-29)67-19-10-23(50)20-12-27(70-46-42(63)39(60)36(57)30(73-46)16-66-33(54)13-31(51)52)43(68-24(20)11-19)18-4-6-22(49)26(9-18)69-45-41(62)37(58)34(55)28(14-47)71-45/h3,7,17-30,34-50,55-63H,2,4-6,8-16H2,1H3,(H,51,52). The van der Waals surface area contributed by atoms with Gasteiger partial charge in [0.05, 0.1) is 61.5 Å². The van der Waals surface area contributed by atoms with Gasteiger partial charge in [0.15, 0.2) is 18.9 Å². The molecule has 7 aliphatic rings. The first-order chi connectivity index (χ1) is 34.7. The maximum absolute atomic E-state index is 12.7. The van der Waals surface area contributed by atoms with Crippen molar-refractivity contribution >= 4 is 17.9 Å². The van der Waals surface area contributed by atoms with Gasteiger partial charge >= 0.3 is 17.9 Å². The molecule has 0 aromatic carbocycles. The lowest BCUT2D eigenvalue weighted by molar-refractivity contribution is -0.341. The molecule has 14 N–H and O–H groups in total. The molecule has 4 saturated heterocycles. The number of allylic oxidation sites excluding steroid dienone is 1. The summed E-state index contributed by atoms with van der Waals surface area (Å²) in [6.45, 7) is -2.04. The van der Waals surface area contributed by atoms with E-state index in [0.29, 0.717) is 19.3 Å². The number of ether oxygens (including phenoxy) is 10. The van der Waals surface area contributed by atoms with Crippen molar-refractivity contribution in [2.24, 2.45) is 17.8 Å². The van der Waals surface area contributed by atoms with Gasteiger partial charge < -0.3 is 119 Å². The van der Waals surface area contributed by atoms with Crippen molar-refractivity contribution in [1.82, 2.24) is 0 Å². The van der Waals surface area contributed by atoms with Crippen molar-refractivity contribution in [3.8, 4) is 0 Å². The molecule has 73 heavy (non-hydrogen) atoms. The number of aliphatic hydroxyl groups is 13. The molecule has 418 valence electrons. The Labute approximate surface area is 418 Å². The van der Waals surface area contributed by atoms with Gasteiger partial charge in [-0.1, -0.05) is 6.08 Å². The van der Waals surface area contributed by atoms with Crippen LogP contribution in [0.25, 0.3) is 0 Å². The Morgan fingerprint density at radius 2 is 1.10 bits per heavy atom. The predicted molar refractivity (Wildman–Crippen MR) is 235 cm³/mol. The van der Waals surface area contributed by atoms with Crippen molar-refractivity contribution in [2.45, 2.75) is 211 Å². The average Bonchev–Trinajstić information content (AvgIpc) is 3.36. The molecular formula is C46H72O27. The van der Waals surface area contributed by atoms with E-state index < -0.39 is 197 Å². The van der Waals surface area contributed by atoms with Crippen LogP contribution in [0.4, 0.5) is 0 Å². The number of hydrogen-bond donors (Lipinski definition) is 14. The number of aliphatic carboxylic acids is 1. The molecule has 7 fully saturated rings. The summed E-state index contributed by atoms with van der Waals surface area (Å²) in [6.07, 6.45) is -30.3. The van der Waals surface area contributed by atoms with Crippen LogP contribution in [0.5, 0.6) is 0 Å². The molecule has 0 radical (unpaired) electrons. The fourth-order valence-corrected chi connectivity index (χ4v) is 11.0. The Morgan fingerprint density at radius 3 is 1.70 bits per heavy atom. The number of rotatable bonds is 17. The first-order valence-corrected chi connectivity index (χ1v) is 24.8. The van der Waals surface area contributed by atoms with Crippen LogP contribution < -0.4 is 0 Å². The highest BCUT2D eigenvalue weighted by molar-refractivity contribution is 5.90. The molecule has 27 atom stereocenters. The Hall–Kier alpha value is -2.69. The van der Waals surface area contributed by atoms with Crippen LogP contribution in [0.1, 0.15) is 64.2 Å². The van der Waals surface area contributed by atoms with Crippen LogP contribution in [0.2, 0.25) is 0 Å². The second kappa shape index (κ2) is 25.6. The van der Waals surface area contributed by atoms with E-state index >= 15 is 0 Å². The summed E-state index contributed by atoms with van der Waals surface area (Å²) in [4.78, 5) is 35.7. The van der Waals surface area contributed by atoms with Gasteiger partial charge in [-0.2, -0.15) is 0 Å². The molecular weight excluding hydrogens is 984 g/mol. The lowest BCUT2D eigenvalue weighted by Crippen LogP contribution is -2.63. The van der Waals surface area contributed by atoms with E-state index in [-0.39, 0.29) is 50.5 Å². The van der Waals surface area contributed by atoms with E-state index in [1.54, 1.807) is 6.08 Å². The molecule has 27 heteroatoms. The third-order valence-corrected chi connectivity index (χ3v) is 15.3. The molecule has 0 aromatic heterocycles. The summed E-state index contributed by atoms with van der Waals surface area (Å²) < 4.78 is 58.0. The Balaban J connectivity index is 1.05. The van der Waals surface area contributed by atoms with Crippen LogP contribution in [0.15, 0.2) is 12.2 Å². The molecule has 0 aromatic rings. The second-order valence-electron chi connectivity index (χ2n) is 20.2. The number of aliphatic hydroxyl groups excluding tert-OH is 13. The minimum atomic E-state index is -1.93. The zero-order valence-corrected chi connectivity index (χ0v) is 40.0. The molecule has 3 aliphatic carbocycles. The number of carboxylic acid groups (broad SMARTS) is 1. The fourth-order valence-electron chi connectivity index (χ4n) is 11.0. The van der Waals surface area contributed by atoms with E-state index in [2.05, 4.69) is 0 Å². The SMILES string of the molecule is COC1CC(C=CC(=O)OCC2OC(OC3CC(O)C4CC(OC5OC(COC(=O)CC(=O)O)C(O)C(O)C5O)C(C5CCC(O)C(OC6OC(CO)C(O)C(O)C6O)C5)OC4C3)C(O)C(O)C2O)CCC1O. The largest absolute Gasteiger partial charge is 0.481 e. The maximum Gasteiger partial charge on any atom is 0.330 e. The lowest BCUT2D eigenvalue weighted by Gasteiger charge is -2.52. The van der Waals surface area contributed by atoms with Crippen molar-refractivity contribution in [3.05, 3.63) is 12.2 Å². The van der Waals surface area contributed by atoms with Gasteiger partial charge in [-0.3, -0.25) is 9.59 Å². The molecule has 4 aliphatic heterocycles. The zero-order valence-electron chi connectivity index (χ0n) is 40.0. The van der Waals surface area contributed by atoms with Crippen molar-refractivity contribution in [2.75, 3.05) is 26.9 Å². The van der Waals surface area contributed by atoms with Gasteiger partial charge in [-0.05, 0) is 56.8 Å². The minimum absolute atomic E-state index is 0.0188. The molecule has 0 spiro atoms. The first kappa shape index (κ1) is 58.0. The number of carboxylic acids is 1. The molecule has 0 bridgehead atoms. The summed E-state index contributed by atoms with van der Waals surface area (Å²) in [5.41, 5.74) is 0. The summed E-state index contributed by atoms with van der Waals surface area (Å²) in [6, 6.07) is 0. The summed E-state index contributed by atoms with van der Waals surface area (Å²) in [7, 11) is 1.49. The zero-order chi connectivity index (χ0) is 53.0. The monoisotopic (exact) mass is 1060 g/mol. The van der Waals surface area contributed by atoms with E-state index in [9.17, 15) is 80.8 Å². The number of carbonyl (C=O) groups is 3. The third-order valence-electron chi connectivity index (χ3n) is 15.3. The van der Waals surface area contributed by atoms with Gasteiger partial charge in [0.25, 0.3) is 0 Å². The number of methoxy groups -OCH3 is 1. The van der Waals surface area contributed by atoms with Crippen LogP contribution >= 0.6 is 0 Å². The minimum Gasteiger partial charge on any atom is -0.481 e. The molecule has 4 heterocycles. The summed E-state index contributed by atoms with van der Waals surface area (Å²) in [5.74, 6) is -4.87. The number of hydrogen-bond acceptors (Lipinski definition) is 26. The number of esters is 2. The van der Waals surface area contributed by atoms with Gasteiger partial charge in [0.2, 0.25) is 0 Å². The molecule has 27 nitrogen and oxygen atoms in total. The molecule has 27 unspecified atom stereocenters. The van der Waals surface area contributed by atoms with E-state index in [1.165, 1.54) is 13.2 Å². The predicted octanol–water partition coefficient (Wildman–Crippen LogP) is -6.06. The second-order valence-corrected chi connectivity index (χ2v) is 20.2. The third kappa shape index (κ3) is 13.9. The van der Waals surface area contributed by atoms with Gasteiger partial charge in [0, 0.05) is 31.9 Å². The topological polar surface area (TPSA) is 427 Å². The Bertz CT molecular complexity index is 1830. The Kier molecular flexibility index (Phi) is 20.4. The number of fused-ring (bicyclic) bond motifs is 1. The van der Waals surface area contributed by atoms with Crippen molar-refractivity contribution < 1.29 is 133 Å². The highest BCUT2D eigenvalue weighted by Gasteiger charge is 2.55. The highest BCUT2D eigenvalue weighted by atomic mass is 16.7. The van der Waals surface area contributed by atoms with Gasteiger partial charge in [-0.25, -0.2) is 4.79 Å². The lowest BCUT2D eigenvalue weighted by atomic mass is 9.72. The summed E-state index contributed by atoms with van der Waals surface area (Å²) >= 11 is 0. The molecule has 3 saturated carbocycles. The maximum atomic E-state index is 12.7. The van der Waals surface area contributed by atoms with Gasteiger partial charge in [-0.15, -0.1) is 0 Å². The Morgan fingerprint density at radius 1 is 0.548 bits per heavy atom. The van der Waals surface area contributed by atoms with Crippen molar-refractivity contribution in [3.63, 3.8) is 0 Å². The smallest absolute Gasteiger partial charge is 0.330 e. The van der Waals surface area contributed by atoms with Crippen LogP contribution in [0.3, 0.4) is 0 Å². The van der Waals surface area contributed by atoms with E-state index in [4.69, 9.17) is 52.5 Å². The van der Waals surface area contributed by atoms with E-state index in [1.807, 2.05) is 0 Å². The van der Waals surface area contributed by atoms with E-state index in [0.717, 1.165) is 0 Å². The van der Waals surface area contributed by atoms with Crippen molar-refractivity contribution in [1.29, 1.82) is 0 Å². The first-order valence-electron chi connectivity index (χ1n) is 24.8. The van der Waals surface area contributed by atoms with Crippen LogP contribution in [-0.4, -0.2) is 263 Å². The number of carbonyl (C=O) groups excluding carboxylic acids is 2. The molecule has 7 rings (SSSR count). The molecule has 0 amide bonds. The highest BCUT2D eigenvalue weighted by Crippen LogP contribution is 2.45. The summed E-state index contributed by atoms with van der Waals surface area (Å²) in [5, 5.41) is 148. The normalized spacial score (nSPS) is 47.6. The fraction of sp³-hybridized carbons (Fsp3) is 0.891. The van der Waals surface area contributed by atoms with Crippen LogP contribution in [0, 0.1) is 17.8 Å². The van der Waals surface area contributed by atoms with Gasteiger partial charge in [0.1, 0.15) is 92.9 Å². The average molecular weight is 1060 g/mol. The van der Waals surface area contributed by atoms with Crippen LogP contribution in [-0.2, 0) is 61.8 Å². The quantitative estimate of drug-likeness (QED) is 0.0366.